The van der Waals surface area contributed by atoms with Crippen LogP contribution in [0.25, 0.3) is 66.3 Å². The summed E-state index contributed by atoms with van der Waals surface area (Å²) in [6, 6.07) is 20.3. The second kappa shape index (κ2) is 17.1. The summed E-state index contributed by atoms with van der Waals surface area (Å²) in [7, 11) is 7.57. The van der Waals surface area contributed by atoms with Crippen molar-refractivity contribution in [3.63, 3.8) is 0 Å². The fourth-order valence-electron chi connectivity index (χ4n) is 8.69. The highest BCUT2D eigenvalue weighted by Gasteiger charge is 2.23. The first kappa shape index (κ1) is 41.6. The lowest BCUT2D eigenvalue weighted by atomic mass is 10.00. The molecule has 12 aromatic rings. The van der Waals surface area contributed by atoms with Crippen LogP contribution in [0.5, 0.6) is 0 Å². The fraction of sp³-hybridized carbons (Fsp3) is 0.160. The van der Waals surface area contributed by atoms with Crippen LogP contribution in [-0.2, 0) is 28.2 Å². The number of nitrogens with one attached hydrogen (secondary N) is 2. The smallest absolute Gasteiger partial charge is 0.134 e. The van der Waals surface area contributed by atoms with Gasteiger partial charge in [-0.25, -0.2) is 9.36 Å². The van der Waals surface area contributed by atoms with Crippen LogP contribution in [0.3, 0.4) is 0 Å². The van der Waals surface area contributed by atoms with E-state index in [4.69, 9.17) is 8.83 Å². The zero-order valence-electron chi connectivity index (χ0n) is 37.9. The number of anilines is 2. The number of hydrogen-bond donors (Lipinski definition) is 2. The third kappa shape index (κ3) is 7.82. The number of rotatable bonds is 10. The third-order valence-corrected chi connectivity index (χ3v) is 12.1. The van der Waals surface area contributed by atoms with E-state index < -0.39 is 0 Å². The first-order valence-corrected chi connectivity index (χ1v) is 21.8. The number of aromatic nitrogens is 14. The second-order valence-corrected chi connectivity index (χ2v) is 16.8. The molecule has 0 aliphatic carbocycles. The van der Waals surface area contributed by atoms with Crippen molar-refractivity contribution < 1.29 is 8.83 Å². The van der Waals surface area contributed by atoms with Gasteiger partial charge >= 0.3 is 0 Å². The summed E-state index contributed by atoms with van der Waals surface area (Å²) < 4.78 is 18.4. The Morgan fingerprint density at radius 3 is 1.35 bits per heavy atom. The molecule has 0 fully saturated rings. The number of benzene rings is 4. The molecule has 2 atom stereocenters. The first-order valence-electron chi connectivity index (χ1n) is 21.8. The Morgan fingerprint density at radius 1 is 0.515 bits per heavy atom. The van der Waals surface area contributed by atoms with Gasteiger partial charge in [0.25, 0.3) is 0 Å². The van der Waals surface area contributed by atoms with E-state index in [9.17, 15) is 0 Å². The molecule has 4 aromatic carbocycles. The van der Waals surface area contributed by atoms with Crippen molar-refractivity contribution in [2.75, 3.05) is 10.6 Å². The molecule has 0 saturated heterocycles. The largest absolute Gasteiger partial charge is 0.464 e. The first-order chi connectivity index (χ1) is 33.1. The monoisotopic (exact) mass is 900 g/mol. The molecule has 0 saturated carbocycles. The minimum Gasteiger partial charge on any atom is -0.464 e. The fourth-order valence-corrected chi connectivity index (χ4v) is 8.69. The van der Waals surface area contributed by atoms with E-state index in [1.54, 1.807) is 68.4 Å². The van der Waals surface area contributed by atoms with Crippen molar-refractivity contribution in [3.8, 4) is 22.3 Å². The van der Waals surface area contributed by atoms with Crippen LogP contribution < -0.4 is 10.6 Å². The van der Waals surface area contributed by atoms with Crippen molar-refractivity contribution >= 4 is 55.4 Å². The summed E-state index contributed by atoms with van der Waals surface area (Å²) in [6.07, 6.45) is 21.6. The van der Waals surface area contributed by atoms with E-state index in [0.717, 1.165) is 111 Å². The van der Waals surface area contributed by atoms with Crippen LogP contribution in [0.4, 0.5) is 11.4 Å². The van der Waals surface area contributed by atoms with Gasteiger partial charge in [0.1, 0.15) is 11.2 Å². The van der Waals surface area contributed by atoms with Crippen LogP contribution in [0, 0.1) is 13.8 Å². The third-order valence-electron chi connectivity index (χ3n) is 12.1. The van der Waals surface area contributed by atoms with Gasteiger partial charge in [-0.15, -0.1) is 10.2 Å². The lowest BCUT2D eigenvalue weighted by Gasteiger charge is -2.20. The van der Waals surface area contributed by atoms with E-state index >= 15 is 0 Å². The van der Waals surface area contributed by atoms with Crippen molar-refractivity contribution in [1.82, 2.24) is 69.5 Å². The van der Waals surface area contributed by atoms with E-state index in [-0.39, 0.29) is 12.1 Å². The summed E-state index contributed by atoms with van der Waals surface area (Å²) in [5.41, 5.74) is 17.0. The van der Waals surface area contributed by atoms with Crippen LogP contribution in [0.2, 0.25) is 0 Å². The Bertz CT molecular complexity index is 3530. The molecule has 2 N–H and O–H groups in total. The molecule has 8 heterocycles. The molecule has 336 valence electrons. The van der Waals surface area contributed by atoms with Gasteiger partial charge in [0.15, 0.2) is 0 Å². The zero-order valence-corrected chi connectivity index (χ0v) is 37.9. The normalized spacial score (nSPS) is 12.4. The lowest BCUT2D eigenvalue weighted by molar-refractivity contribution is 0.613. The molecule has 0 aliphatic heterocycles. The van der Waals surface area contributed by atoms with E-state index in [1.165, 1.54) is 0 Å². The summed E-state index contributed by atoms with van der Waals surface area (Å²) in [4.78, 5) is 18.5. The van der Waals surface area contributed by atoms with Gasteiger partial charge in [-0.05, 0) is 84.6 Å². The second-order valence-electron chi connectivity index (χ2n) is 16.8. The maximum absolute atomic E-state index is 5.64. The summed E-state index contributed by atoms with van der Waals surface area (Å²) in [6.45, 7) is 4.10. The molecular weight excluding hydrogens is 857 g/mol. The minimum absolute atomic E-state index is 0.200. The van der Waals surface area contributed by atoms with Crippen molar-refractivity contribution in [2.45, 2.75) is 25.9 Å². The van der Waals surface area contributed by atoms with Crippen LogP contribution in [0.15, 0.2) is 144 Å². The van der Waals surface area contributed by atoms with Gasteiger partial charge in [-0.1, -0.05) is 22.6 Å². The van der Waals surface area contributed by atoms with E-state index in [0.29, 0.717) is 0 Å². The molecule has 18 heteroatoms. The molecular formula is C50H44N16O2. The molecule has 2 unspecified atom stereocenters. The molecule has 8 aromatic heterocycles. The molecule has 18 nitrogen and oxygen atoms in total. The Hall–Kier alpha value is -9.06. The lowest BCUT2D eigenvalue weighted by Crippen LogP contribution is -2.16. The molecule has 0 radical (unpaired) electrons. The number of hydrogen-bond acceptors (Lipinski definition) is 14. The van der Waals surface area contributed by atoms with Gasteiger partial charge in [-0.2, -0.15) is 10.2 Å². The number of aryl methyl sites for hydroxylation is 6. The zero-order chi connectivity index (χ0) is 46.5. The van der Waals surface area contributed by atoms with Gasteiger partial charge in [-0.3, -0.25) is 29.3 Å². The standard InChI is InChI=1S/2C25H22N8O/c2*1-15-14-34-23-5-4-16(8-19(15)23)20-9-18(10-21-25(20)27-7-6-26-21)30-24(17-11-29-32(2)13-17)22-12-28-31-33(22)3/h2*4-14,24,30H,1-3H3. The van der Waals surface area contributed by atoms with Crippen LogP contribution in [-0.4, -0.2) is 69.5 Å². The Kier molecular flexibility index (Phi) is 10.4. The molecule has 68 heavy (non-hydrogen) atoms. The summed E-state index contributed by atoms with van der Waals surface area (Å²) in [5.74, 6) is 0. The van der Waals surface area contributed by atoms with Gasteiger partial charge in [0, 0.05) is 110 Å². The van der Waals surface area contributed by atoms with Gasteiger partial charge in [0.2, 0.25) is 0 Å². The predicted octanol–water partition coefficient (Wildman–Crippen LogP) is 8.83. The number of furan rings is 2. The van der Waals surface area contributed by atoms with Crippen molar-refractivity contribution in [2.24, 2.45) is 28.2 Å². The van der Waals surface area contributed by atoms with Crippen molar-refractivity contribution in [3.05, 3.63) is 169 Å². The van der Waals surface area contributed by atoms with Gasteiger partial charge < -0.3 is 19.5 Å². The molecule has 0 aliphatic rings. The Morgan fingerprint density at radius 2 is 0.956 bits per heavy atom. The highest BCUT2D eigenvalue weighted by atomic mass is 16.3. The highest BCUT2D eigenvalue weighted by Crippen LogP contribution is 2.37. The van der Waals surface area contributed by atoms with E-state index in [2.05, 4.69) is 97.8 Å². The number of fused-ring (bicyclic) bond motifs is 4. The summed E-state index contributed by atoms with van der Waals surface area (Å²) >= 11 is 0. The maximum Gasteiger partial charge on any atom is 0.134 e. The quantitative estimate of drug-likeness (QED) is 0.132. The Balaban J connectivity index is 0.000000149. The van der Waals surface area contributed by atoms with Gasteiger partial charge in [0.05, 0.1) is 82.9 Å². The molecule has 12 rings (SSSR count). The topological polar surface area (TPSA) is 199 Å². The molecule has 0 amide bonds. The average Bonchev–Trinajstić information content (AvgIpc) is 4.25. The molecule has 0 spiro atoms. The molecule has 0 bridgehead atoms. The highest BCUT2D eigenvalue weighted by molar-refractivity contribution is 5.98. The minimum atomic E-state index is -0.200. The number of nitrogens with zero attached hydrogens (tertiary/aromatic N) is 14. The Labute approximate surface area is 388 Å². The van der Waals surface area contributed by atoms with Crippen LogP contribution in [0.1, 0.15) is 45.7 Å². The predicted molar refractivity (Wildman–Crippen MR) is 258 cm³/mol. The van der Waals surface area contributed by atoms with E-state index in [1.807, 2.05) is 91.1 Å². The maximum atomic E-state index is 5.64. The summed E-state index contributed by atoms with van der Waals surface area (Å²) in [5, 5.41) is 34.6. The van der Waals surface area contributed by atoms with Crippen molar-refractivity contribution in [1.29, 1.82) is 0 Å². The average molecular weight is 901 g/mol. The van der Waals surface area contributed by atoms with Crippen LogP contribution >= 0.6 is 0 Å². The SMILES string of the molecule is Cc1coc2ccc(-c3cc(NC(c4cnn(C)c4)c4cnnn4C)cc4nccnc34)cc12.Cc1coc2ccc(-c3cc(NC(c4cnn(C)c4)c4cnnn4C)cc4nccnc34)cc12.